The summed E-state index contributed by atoms with van der Waals surface area (Å²) in [7, 11) is 0. The van der Waals surface area contributed by atoms with Crippen molar-refractivity contribution in [2.24, 2.45) is 4.99 Å². The van der Waals surface area contributed by atoms with Crippen LogP contribution in [0.4, 0.5) is 0 Å². The Labute approximate surface area is 124 Å². The molecule has 1 aromatic rings. The van der Waals surface area contributed by atoms with Gasteiger partial charge in [0.05, 0.1) is 5.54 Å². The molecule has 0 radical (unpaired) electrons. The monoisotopic (exact) mass is 288 g/mol. The molecule has 1 aliphatic carbocycles. The predicted octanol–water partition coefficient (Wildman–Crippen LogP) is 2.57. The summed E-state index contributed by atoms with van der Waals surface area (Å²) in [6.07, 6.45) is 3.42. The molecule has 1 aromatic carbocycles. The lowest BCUT2D eigenvalue weighted by Gasteiger charge is -2.32. The number of amidine groups is 1. The molecular weight excluding hydrogens is 268 g/mol. The number of fused-ring (bicyclic) bond motifs is 1. The first-order valence-electron chi connectivity index (χ1n) is 7.46. The van der Waals surface area contributed by atoms with Gasteiger partial charge in [0.2, 0.25) is 0 Å². The van der Waals surface area contributed by atoms with Crippen molar-refractivity contribution in [3.63, 3.8) is 0 Å². The van der Waals surface area contributed by atoms with E-state index >= 15 is 0 Å². The highest BCUT2D eigenvalue weighted by Crippen LogP contribution is 2.36. The summed E-state index contributed by atoms with van der Waals surface area (Å²) in [6, 6.07) is 8.75. The minimum atomic E-state index is 0.263. The number of aliphatic imine (C=N–C) groups is 1. The van der Waals surface area contributed by atoms with Crippen LogP contribution < -0.4 is 5.32 Å². The second kappa shape index (κ2) is 5.08. The van der Waals surface area contributed by atoms with Crippen LogP contribution in [0.25, 0.3) is 0 Å². The zero-order valence-electron chi connectivity index (χ0n) is 11.6. The standard InChI is InChI=1S/C16H20N2OS/c1-2-4-14-12(3-1)9-13(14)10-17-15-18-16(11-20-15)5-7-19-8-6-16/h1-4,13H,5-11H2,(H,17,18). The highest BCUT2D eigenvalue weighted by molar-refractivity contribution is 8.14. The van der Waals surface area contributed by atoms with E-state index in [2.05, 4.69) is 29.6 Å². The van der Waals surface area contributed by atoms with Gasteiger partial charge in [-0.3, -0.25) is 4.99 Å². The topological polar surface area (TPSA) is 33.6 Å². The number of ether oxygens (including phenoxy) is 1. The van der Waals surface area contributed by atoms with Gasteiger partial charge in [-0.25, -0.2) is 0 Å². The van der Waals surface area contributed by atoms with Crippen molar-refractivity contribution in [3.8, 4) is 0 Å². The maximum absolute atomic E-state index is 5.47. The highest BCUT2D eigenvalue weighted by Gasteiger charge is 2.38. The van der Waals surface area contributed by atoms with Crippen molar-refractivity contribution in [1.29, 1.82) is 0 Å². The van der Waals surface area contributed by atoms with Crippen LogP contribution >= 0.6 is 11.8 Å². The largest absolute Gasteiger partial charge is 0.381 e. The molecule has 0 amide bonds. The van der Waals surface area contributed by atoms with Crippen molar-refractivity contribution < 1.29 is 4.74 Å². The second-order valence-electron chi connectivity index (χ2n) is 6.05. The van der Waals surface area contributed by atoms with Crippen LogP contribution in [0.15, 0.2) is 29.3 Å². The summed E-state index contributed by atoms with van der Waals surface area (Å²) < 4.78 is 5.47. The van der Waals surface area contributed by atoms with Crippen molar-refractivity contribution in [3.05, 3.63) is 35.4 Å². The van der Waals surface area contributed by atoms with Crippen LogP contribution in [0.1, 0.15) is 29.9 Å². The lowest BCUT2D eigenvalue weighted by molar-refractivity contribution is 0.0555. The molecule has 2 fully saturated rings. The summed E-state index contributed by atoms with van der Waals surface area (Å²) in [5.41, 5.74) is 3.27. The molecule has 0 saturated carbocycles. The molecule has 4 rings (SSSR count). The van der Waals surface area contributed by atoms with Crippen LogP contribution in [0, 0.1) is 0 Å². The molecule has 20 heavy (non-hydrogen) atoms. The van der Waals surface area contributed by atoms with E-state index in [-0.39, 0.29) is 5.54 Å². The van der Waals surface area contributed by atoms with Gasteiger partial charge < -0.3 is 10.1 Å². The van der Waals surface area contributed by atoms with E-state index in [0.717, 1.165) is 43.5 Å². The maximum atomic E-state index is 5.47. The molecule has 3 aliphatic rings. The molecule has 1 atom stereocenters. The Morgan fingerprint density at radius 2 is 2.15 bits per heavy atom. The second-order valence-corrected chi connectivity index (χ2v) is 7.02. The predicted molar refractivity (Wildman–Crippen MR) is 83.6 cm³/mol. The summed E-state index contributed by atoms with van der Waals surface area (Å²) in [6.45, 7) is 2.70. The van der Waals surface area contributed by atoms with Crippen molar-refractivity contribution in [2.45, 2.75) is 30.7 Å². The Morgan fingerprint density at radius 1 is 1.30 bits per heavy atom. The third-order valence-corrected chi connectivity index (χ3v) is 5.93. The number of nitrogens with zero attached hydrogens (tertiary/aromatic N) is 1. The van der Waals surface area contributed by atoms with Gasteiger partial charge in [0.25, 0.3) is 0 Å². The summed E-state index contributed by atoms with van der Waals surface area (Å²) >= 11 is 1.89. The molecule has 2 saturated heterocycles. The molecule has 2 aliphatic heterocycles. The maximum Gasteiger partial charge on any atom is 0.157 e. The molecule has 1 spiro atoms. The van der Waals surface area contributed by atoms with E-state index in [4.69, 9.17) is 9.73 Å². The van der Waals surface area contributed by atoms with Gasteiger partial charge >= 0.3 is 0 Å². The van der Waals surface area contributed by atoms with Gasteiger partial charge in [-0.05, 0) is 30.4 Å². The van der Waals surface area contributed by atoms with E-state index in [1.54, 1.807) is 0 Å². The molecule has 2 heterocycles. The van der Waals surface area contributed by atoms with Crippen molar-refractivity contribution in [1.82, 2.24) is 5.32 Å². The number of benzene rings is 1. The van der Waals surface area contributed by atoms with Gasteiger partial charge in [0, 0.05) is 31.4 Å². The number of hydrogen-bond donors (Lipinski definition) is 1. The van der Waals surface area contributed by atoms with E-state index in [1.807, 2.05) is 11.8 Å². The quantitative estimate of drug-likeness (QED) is 0.908. The zero-order chi connectivity index (χ0) is 13.4. The molecular formula is C16H20N2OS. The van der Waals surface area contributed by atoms with Gasteiger partial charge in [0.1, 0.15) is 0 Å². The Morgan fingerprint density at radius 3 is 3.00 bits per heavy atom. The lowest BCUT2D eigenvalue weighted by atomic mass is 9.78. The average Bonchev–Trinajstić information content (AvgIpc) is 2.84. The average molecular weight is 288 g/mol. The lowest BCUT2D eigenvalue weighted by Crippen LogP contribution is -2.48. The Bertz CT molecular complexity index is 537. The van der Waals surface area contributed by atoms with Crippen LogP contribution in [0.5, 0.6) is 0 Å². The summed E-state index contributed by atoms with van der Waals surface area (Å²) in [4.78, 5) is 4.82. The van der Waals surface area contributed by atoms with Crippen molar-refractivity contribution >= 4 is 16.9 Å². The number of rotatable bonds is 2. The highest BCUT2D eigenvalue weighted by atomic mass is 32.2. The summed E-state index contributed by atoms with van der Waals surface area (Å²) in [5, 5.41) is 4.82. The van der Waals surface area contributed by atoms with Crippen LogP contribution in [-0.4, -0.2) is 36.2 Å². The number of thioether (sulfide) groups is 1. The van der Waals surface area contributed by atoms with Crippen LogP contribution in [-0.2, 0) is 11.2 Å². The first kappa shape index (κ1) is 12.7. The van der Waals surface area contributed by atoms with Crippen LogP contribution in [0.3, 0.4) is 0 Å². The fourth-order valence-corrected chi connectivity index (χ4v) is 4.57. The third-order valence-electron chi connectivity index (χ3n) is 4.72. The van der Waals surface area contributed by atoms with Crippen molar-refractivity contribution in [2.75, 3.05) is 25.5 Å². The van der Waals surface area contributed by atoms with E-state index in [1.165, 1.54) is 17.5 Å². The first-order valence-corrected chi connectivity index (χ1v) is 8.44. The molecule has 3 nitrogen and oxygen atoms in total. The Kier molecular flexibility index (Phi) is 3.23. The van der Waals surface area contributed by atoms with Gasteiger partial charge in [-0.1, -0.05) is 36.0 Å². The Balaban J connectivity index is 1.38. The van der Waals surface area contributed by atoms with Crippen LogP contribution in [0.2, 0.25) is 0 Å². The third kappa shape index (κ3) is 2.25. The normalized spacial score (nSPS) is 29.0. The minimum Gasteiger partial charge on any atom is -0.381 e. The fraction of sp³-hybridized carbons (Fsp3) is 0.562. The van der Waals surface area contributed by atoms with E-state index in [9.17, 15) is 0 Å². The molecule has 106 valence electrons. The summed E-state index contributed by atoms with van der Waals surface area (Å²) in [5.74, 6) is 1.78. The van der Waals surface area contributed by atoms with E-state index in [0.29, 0.717) is 5.92 Å². The zero-order valence-corrected chi connectivity index (χ0v) is 12.4. The number of hydrogen-bond acceptors (Lipinski definition) is 3. The van der Waals surface area contributed by atoms with E-state index < -0.39 is 0 Å². The molecule has 0 aromatic heterocycles. The molecule has 1 N–H and O–H groups in total. The fourth-order valence-electron chi connectivity index (χ4n) is 3.34. The molecule has 4 heteroatoms. The smallest absolute Gasteiger partial charge is 0.157 e. The SMILES string of the molecule is c1ccc2c(c1)CC2CN=C1NC2(CCOCC2)CS1. The van der Waals surface area contributed by atoms with Gasteiger partial charge in [-0.2, -0.15) is 0 Å². The first-order chi connectivity index (χ1) is 9.85. The Hall–Kier alpha value is -1.000. The minimum absolute atomic E-state index is 0.263. The molecule has 1 unspecified atom stereocenters. The number of nitrogens with one attached hydrogen (secondary N) is 1. The van der Waals surface area contributed by atoms with Gasteiger partial charge in [-0.15, -0.1) is 0 Å². The molecule has 0 bridgehead atoms. The van der Waals surface area contributed by atoms with Gasteiger partial charge in [0.15, 0.2) is 5.17 Å².